The lowest BCUT2D eigenvalue weighted by Gasteiger charge is -2.12. The van der Waals surface area contributed by atoms with Gasteiger partial charge >= 0.3 is 0 Å². The average Bonchev–Trinajstić information content (AvgIpc) is 3.17. The molecule has 0 spiro atoms. The summed E-state index contributed by atoms with van der Waals surface area (Å²) in [7, 11) is 0. The predicted octanol–water partition coefficient (Wildman–Crippen LogP) is 4.84. The lowest BCUT2D eigenvalue weighted by Crippen LogP contribution is -2.08. The number of para-hydroxylation sites is 1. The zero-order valence-corrected chi connectivity index (χ0v) is 14.9. The summed E-state index contributed by atoms with van der Waals surface area (Å²) in [5.74, 6) is 1.21. The van der Waals surface area contributed by atoms with E-state index in [0.717, 1.165) is 25.8 Å². The van der Waals surface area contributed by atoms with Gasteiger partial charge in [0.25, 0.3) is 0 Å². The van der Waals surface area contributed by atoms with Gasteiger partial charge in [-0.2, -0.15) is 5.10 Å². The van der Waals surface area contributed by atoms with Crippen LogP contribution in [0.1, 0.15) is 41.5 Å². The molecule has 0 saturated carbocycles. The molecule has 0 fully saturated rings. The van der Waals surface area contributed by atoms with E-state index in [4.69, 9.17) is 5.10 Å². The number of hydrogen-bond acceptors (Lipinski definition) is 3. The second-order valence-electron chi connectivity index (χ2n) is 6.31. The molecule has 1 aromatic carbocycles. The van der Waals surface area contributed by atoms with Crippen LogP contribution in [0.15, 0.2) is 41.8 Å². The molecule has 0 radical (unpaired) electrons. The van der Waals surface area contributed by atoms with Crippen molar-refractivity contribution in [3.63, 3.8) is 0 Å². The van der Waals surface area contributed by atoms with Crippen LogP contribution in [-0.2, 0) is 19.3 Å². The molecular weight excluding hydrogens is 314 g/mol. The third-order valence-corrected chi connectivity index (χ3v) is 5.61. The van der Waals surface area contributed by atoms with Crippen LogP contribution in [0.3, 0.4) is 0 Å². The molecule has 3 nitrogen and oxygen atoms in total. The largest absolute Gasteiger partial charge is 0.370 e. The lowest BCUT2D eigenvalue weighted by atomic mass is 10.1. The van der Waals surface area contributed by atoms with Gasteiger partial charge in [0, 0.05) is 23.4 Å². The summed E-state index contributed by atoms with van der Waals surface area (Å²) < 4.78 is 2.16. The van der Waals surface area contributed by atoms with Crippen LogP contribution in [0, 0.1) is 0 Å². The van der Waals surface area contributed by atoms with E-state index in [-0.39, 0.29) is 0 Å². The zero-order chi connectivity index (χ0) is 16.4. The number of nitrogens with zero attached hydrogens (tertiary/aromatic N) is 2. The summed E-state index contributed by atoms with van der Waals surface area (Å²) >= 11 is 1.82. The number of benzene rings is 1. The molecular formula is C20H23N3S. The maximum Gasteiger partial charge on any atom is 0.133 e. The second-order valence-corrected chi connectivity index (χ2v) is 7.34. The Balaban J connectivity index is 1.83. The number of anilines is 1. The van der Waals surface area contributed by atoms with Crippen LogP contribution in [0.2, 0.25) is 0 Å². The molecule has 0 bridgehead atoms. The maximum atomic E-state index is 5.05. The highest BCUT2D eigenvalue weighted by Crippen LogP contribution is 2.31. The first kappa shape index (κ1) is 15.5. The third-order valence-electron chi connectivity index (χ3n) is 4.74. The van der Waals surface area contributed by atoms with E-state index in [1.165, 1.54) is 46.0 Å². The number of nitrogens with one attached hydrogen (secondary N) is 1. The minimum absolute atomic E-state index is 0.934. The van der Waals surface area contributed by atoms with Gasteiger partial charge in [-0.1, -0.05) is 31.2 Å². The molecule has 0 atom stereocenters. The summed E-state index contributed by atoms with van der Waals surface area (Å²) in [4.78, 5) is 1.38. The van der Waals surface area contributed by atoms with E-state index in [9.17, 15) is 0 Å². The van der Waals surface area contributed by atoms with E-state index in [1.807, 2.05) is 11.3 Å². The fraction of sp³-hybridized carbons (Fsp3) is 0.350. The molecule has 0 unspecified atom stereocenters. The number of thiophene rings is 1. The Kier molecular flexibility index (Phi) is 4.39. The van der Waals surface area contributed by atoms with Crippen molar-refractivity contribution >= 4 is 17.2 Å². The van der Waals surface area contributed by atoms with Crippen LogP contribution in [0.25, 0.3) is 5.69 Å². The van der Waals surface area contributed by atoms with Gasteiger partial charge in [0.1, 0.15) is 5.82 Å². The molecule has 0 amide bonds. The molecule has 3 aromatic rings. The molecule has 2 aromatic heterocycles. The first-order valence-electron chi connectivity index (χ1n) is 8.82. The Labute approximate surface area is 147 Å². The quantitative estimate of drug-likeness (QED) is 0.738. The van der Waals surface area contributed by atoms with Gasteiger partial charge in [-0.05, 0) is 48.8 Å². The second kappa shape index (κ2) is 6.81. The highest BCUT2D eigenvalue weighted by atomic mass is 32.1. The van der Waals surface area contributed by atoms with Gasteiger partial charge in [0.15, 0.2) is 0 Å². The van der Waals surface area contributed by atoms with Crippen LogP contribution in [0.5, 0.6) is 0 Å². The molecule has 1 N–H and O–H groups in total. The van der Waals surface area contributed by atoms with Crippen LogP contribution in [-0.4, -0.2) is 16.3 Å². The predicted molar refractivity (Wildman–Crippen MR) is 101 cm³/mol. The SMILES string of the molecule is CCc1ccccc1-n1nc(Cc2cccs2)c2c1NCCCC2. The molecule has 4 heteroatoms. The highest BCUT2D eigenvalue weighted by Gasteiger charge is 2.21. The monoisotopic (exact) mass is 337 g/mol. The Bertz CT molecular complexity index is 818. The standard InChI is InChI=1S/C20H23N3S/c1-2-15-8-3-4-11-19(15)23-20-17(10-5-6-12-21-20)18(22-23)14-16-9-7-13-24-16/h3-4,7-9,11,13,21H,2,5-6,10,12,14H2,1H3. The Hall–Kier alpha value is -2.07. The fourth-order valence-electron chi connectivity index (χ4n) is 3.48. The van der Waals surface area contributed by atoms with Crippen molar-refractivity contribution < 1.29 is 0 Å². The fourth-order valence-corrected chi connectivity index (χ4v) is 4.19. The summed E-state index contributed by atoms with van der Waals surface area (Å²) in [6, 6.07) is 13.0. The van der Waals surface area contributed by atoms with Crippen molar-refractivity contribution in [2.75, 3.05) is 11.9 Å². The number of aromatic nitrogens is 2. The first-order chi connectivity index (χ1) is 11.9. The summed E-state index contributed by atoms with van der Waals surface area (Å²) in [6.45, 7) is 3.24. The molecule has 124 valence electrons. The van der Waals surface area contributed by atoms with E-state index in [2.05, 4.69) is 58.7 Å². The molecule has 3 heterocycles. The van der Waals surface area contributed by atoms with Gasteiger partial charge in [0.2, 0.25) is 0 Å². The van der Waals surface area contributed by atoms with Gasteiger partial charge in [-0.25, -0.2) is 4.68 Å². The molecule has 4 rings (SSSR count). The van der Waals surface area contributed by atoms with Gasteiger partial charge in [0.05, 0.1) is 11.4 Å². The molecule has 1 aliphatic rings. The van der Waals surface area contributed by atoms with E-state index < -0.39 is 0 Å². The average molecular weight is 337 g/mol. The van der Waals surface area contributed by atoms with Crippen LogP contribution < -0.4 is 5.32 Å². The van der Waals surface area contributed by atoms with E-state index >= 15 is 0 Å². The van der Waals surface area contributed by atoms with Gasteiger partial charge in [-0.3, -0.25) is 0 Å². The third kappa shape index (κ3) is 2.86. The zero-order valence-electron chi connectivity index (χ0n) is 14.1. The minimum Gasteiger partial charge on any atom is -0.370 e. The summed E-state index contributed by atoms with van der Waals surface area (Å²) in [6.07, 6.45) is 5.53. The van der Waals surface area contributed by atoms with E-state index in [1.54, 1.807) is 0 Å². The first-order valence-corrected chi connectivity index (χ1v) is 9.70. The highest BCUT2D eigenvalue weighted by molar-refractivity contribution is 7.09. The van der Waals surface area contributed by atoms with Crippen molar-refractivity contribution in [3.05, 3.63) is 63.5 Å². The Morgan fingerprint density at radius 2 is 2.08 bits per heavy atom. The van der Waals surface area contributed by atoms with Crippen molar-refractivity contribution in [3.8, 4) is 5.69 Å². The van der Waals surface area contributed by atoms with Crippen molar-refractivity contribution in [1.29, 1.82) is 0 Å². The molecule has 24 heavy (non-hydrogen) atoms. The summed E-state index contributed by atoms with van der Waals surface area (Å²) in [5.41, 5.74) is 5.19. The van der Waals surface area contributed by atoms with Crippen LogP contribution in [0.4, 0.5) is 5.82 Å². The number of hydrogen-bond donors (Lipinski definition) is 1. The number of rotatable bonds is 4. The maximum absolute atomic E-state index is 5.05. The smallest absolute Gasteiger partial charge is 0.133 e. The number of aryl methyl sites for hydroxylation is 1. The van der Waals surface area contributed by atoms with Crippen molar-refractivity contribution in [2.45, 2.75) is 39.0 Å². The Morgan fingerprint density at radius 3 is 2.92 bits per heavy atom. The minimum atomic E-state index is 0.934. The van der Waals surface area contributed by atoms with Gasteiger partial charge < -0.3 is 5.32 Å². The summed E-state index contributed by atoms with van der Waals surface area (Å²) in [5, 5.41) is 10.8. The normalized spacial score (nSPS) is 14.0. The van der Waals surface area contributed by atoms with Crippen molar-refractivity contribution in [1.82, 2.24) is 9.78 Å². The molecule has 0 aliphatic carbocycles. The van der Waals surface area contributed by atoms with Crippen molar-refractivity contribution in [2.24, 2.45) is 0 Å². The topological polar surface area (TPSA) is 29.9 Å². The lowest BCUT2D eigenvalue weighted by molar-refractivity contribution is 0.767. The number of fused-ring (bicyclic) bond motifs is 1. The van der Waals surface area contributed by atoms with Crippen LogP contribution >= 0.6 is 11.3 Å². The molecule has 0 saturated heterocycles. The molecule has 1 aliphatic heterocycles. The Morgan fingerprint density at radius 1 is 1.17 bits per heavy atom. The van der Waals surface area contributed by atoms with E-state index in [0.29, 0.717) is 0 Å². The van der Waals surface area contributed by atoms with Gasteiger partial charge in [-0.15, -0.1) is 11.3 Å².